The third-order valence-corrected chi connectivity index (χ3v) is 4.14. The molecule has 6 nitrogen and oxygen atoms in total. The number of piperazine rings is 1. The smallest absolute Gasteiger partial charge is 0.257 e. The summed E-state index contributed by atoms with van der Waals surface area (Å²) in [6.07, 6.45) is 1.59. The van der Waals surface area contributed by atoms with E-state index in [1.165, 1.54) is 0 Å². The zero-order chi connectivity index (χ0) is 16.9. The number of rotatable bonds is 4. The predicted molar refractivity (Wildman–Crippen MR) is 94.4 cm³/mol. The van der Waals surface area contributed by atoms with Crippen molar-refractivity contribution in [3.8, 4) is 5.75 Å². The minimum atomic E-state index is -0.0571. The monoisotopic (exact) mass is 326 g/mol. The summed E-state index contributed by atoms with van der Waals surface area (Å²) in [6.45, 7) is 5.43. The van der Waals surface area contributed by atoms with Gasteiger partial charge in [0.1, 0.15) is 11.6 Å². The molecule has 0 radical (unpaired) electrons. The van der Waals surface area contributed by atoms with E-state index in [0.717, 1.165) is 24.5 Å². The van der Waals surface area contributed by atoms with Crippen molar-refractivity contribution >= 4 is 17.4 Å². The third-order valence-electron chi connectivity index (χ3n) is 4.14. The molecule has 2 heterocycles. The van der Waals surface area contributed by atoms with Crippen molar-refractivity contribution in [2.75, 3.05) is 43.4 Å². The maximum absolute atomic E-state index is 12.6. The van der Waals surface area contributed by atoms with Crippen LogP contribution in [0.4, 0.5) is 11.5 Å². The van der Waals surface area contributed by atoms with Gasteiger partial charge >= 0.3 is 0 Å². The molecule has 2 N–H and O–H groups in total. The molecular formula is C18H22N4O2. The molecule has 0 atom stereocenters. The Morgan fingerprint density at radius 3 is 2.62 bits per heavy atom. The standard InChI is InChI=1S/C18H22N4O2/c1-2-24-16-8-4-3-7-15(16)21-10-12-22(13-11-21)18(23)14-6-5-9-20-17(14)19/h3-9H,2,10-13H2,1H3,(H2,19,20). The molecule has 1 aromatic heterocycles. The summed E-state index contributed by atoms with van der Waals surface area (Å²) >= 11 is 0. The number of nitrogen functional groups attached to an aromatic ring is 1. The highest BCUT2D eigenvalue weighted by molar-refractivity contribution is 5.98. The highest BCUT2D eigenvalue weighted by atomic mass is 16.5. The van der Waals surface area contributed by atoms with E-state index >= 15 is 0 Å². The van der Waals surface area contributed by atoms with Crippen LogP contribution in [-0.2, 0) is 0 Å². The Morgan fingerprint density at radius 1 is 1.17 bits per heavy atom. The molecule has 2 aromatic rings. The Hall–Kier alpha value is -2.76. The van der Waals surface area contributed by atoms with Gasteiger partial charge in [0, 0.05) is 32.4 Å². The van der Waals surface area contributed by atoms with Crippen LogP contribution < -0.4 is 15.4 Å². The molecule has 6 heteroatoms. The summed E-state index contributed by atoms with van der Waals surface area (Å²) in [6, 6.07) is 11.5. The zero-order valence-electron chi connectivity index (χ0n) is 13.8. The van der Waals surface area contributed by atoms with E-state index in [0.29, 0.717) is 25.3 Å². The van der Waals surface area contributed by atoms with E-state index in [9.17, 15) is 4.79 Å². The number of nitrogens with zero attached hydrogens (tertiary/aromatic N) is 3. The molecule has 0 aliphatic carbocycles. The highest BCUT2D eigenvalue weighted by Gasteiger charge is 2.24. The Bertz CT molecular complexity index is 712. The first-order valence-electron chi connectivity index (χ1n) is 8.17. The van der Waals surface area contributed by atoms with E-state index in [1.807, 2.05) is 30.0 Å². The van der Waals surface area contributed by atoms with Crippen molar-refractivity contribution in [2.45, 2.75) is 6.92 Å². The van der Waals surface area contributed by atoms with Crippen LogP contribution in [0, 0.1) is 0 Å². The van der Waals surface area contributed by atoms with E-state index in [2.05, 4.69) is 16.0 Å². The summed E-state index contributed by atoms with van der Waals surface area (Å²) in [5.74, 6) is 1.11. The lowest BCUT2D eigenvalue weighted by molar-refractivity contribution is 0.0747. The Kier molecular flexibility index (Phi) is 4.84. The molecule has 3 rings (SSSR count). The summed E-state index contributed by atoms with van der Waals surface area (Å²) in [7, 11) is 0. The molecule has 1 aromatic carbocycles. The van der Waals surface area contributed by atoms with Crippen molar-refractivity contribution in [1.29, 1.82) is 0 Å². The van der Waals surface area contributed by atoms with Gasteiger partial charge < -0.3 is 20.3 Å². The van der Waals surface area contributed by atoms with E-state index in [-0.39, 0.29) is 11.7 Å². The second-order valence-corrected chi connectivity index (χ2v) is 5.62. The Labute approximate surface area is 141 Å². The molecule has 0 spiro atoms. The largest absolute Gasteiger partial charge is 0.492 e. The second kappa shape index (κ2) is 7.21. The van der Waals surface area contributed by atoms with Crippen LogP contribution in [0.3, 0.4) is 0 Å². The molecule has 0 bridgehead atoms. The van der Waals surface area contributed by atoms with Crippen LogP contribution in [0.2, 0.25) is 0 Å². The normalized spacial score (nSPS) is 14.5. The number of aromatic nitrogens is 1. The van der Waals surface area contributed by atoms with Gasteiger partial charge in [0.2, 0.25) is 0 Å². The first kappa shape index (κ1) is 16.1. The highest BCUT2D eigenvalue weighted by Crippen LogP contribution is 2.29. The number of carbonyl (C=O) groups is 1. The summed E-state index contributed by atoms with van der Waals surface area (Å²) in [5, 5.41) is 0. The molecule has 24 heavy (non-hydrogen) atoms. The average Bonchev–Trinajstić information content (AvgIpc) is 2.63. The van der Waals surface area contributed by atoms with Crippen LogP contribution in [0.25, 0.3) is 0 Å². The number of hydrogen-bond donors (Lipinski definition) is 1. The number of hydrogen-bond acceptors (Lipinski definition) is 5. The fourth-order valence-electron chi connectivity index (χ4n) is 2.92. The summed E-state index contributed by atoms with van der Waals surface area (Å²) in [5.41, 5.74) is 7.36. The number of nitrogens with two attached hydrogens (primary N) is 1. The van der Waals surface area contributed by atoms with Gasteiger partial charge in [-0.3, -0.25) is 4.79 Å². The number of carbonyl (C=O) groups excluding carboxylic acids is 1. The van der Waals surface area contributed by atoms with Gasteiger partial charge in [-0.15, -0.1) is 0 Å². The Balaban J connectivity index is 1.68. The Morgan fingerprint density at radius 2 is 1.92 bits per heavy atom. The van der Waals surface area contributed by atoms with Gasteiger partial charge in [-0.05, 0) is 31.2 Å². The van der Waals surface area contributed by atoms with E-state index < -0.39 is 0 Å². The number of amides is 1. The topological polar surface area (TPSA) is 71.7 Å². The van der Waals surface area contributed by atoms with Crippen molar-refractivity contribution in [3.05, 3.63) is 48.2 Å². The quantitative estimate of drug-likeness (QED) is 0.931. The number of ether oxygens (including phenoxy) is 1. The SMILES string of the molecule is CCOc1ccccc1N1CCN(C(=O)c2cccnc2N)CC1. The first-order valence-corrected chi connectivity index (χ1v) is 8.17. The van der Waals surface area contributed by atoms with Crippen LogP contribution in [0.5, 0.6) is 5.75 Å². The molecule has 0 unspecified atom stereocenters. The molecule has 126 valence electrons. The van der Waals surface area contributed by atoms with Crippen molar-refractivity contribution < 1.29 is 9.53 Å². The molecule has 1 fully saturated rings. The van der Waals surface area contributed by atoms with E-state index in [1.54, 1.807) is 18.3 Å². The number of para-hydroxylation sites is 2. The molecule has 0 saturated carbocycles. The van der Waals surface area contributed by atoms with Gasteiger partial charge in [0.15, 0.2) is 0 Å². The number of benzene rings is 1. The van der Waals surface area contributed by atoms with Gasteiger partial charge in [-0.25, -0.2) is 4.98 Å². The molecule has 1 amide bonds. The zero-order valence-corrected chi connectivity index (χ0v) is 13.8. The minimum absolute atomic E-state index is 0.0571. The average molecular weight is 326 g/mol. The molecule has 1 aliphatic rings. The maximum Gasteiger partial charge on any atom is 0.257 e. The molecular weight excluding hydrogens is 304 g/mol. The lowest BCUT2D eigenvalue weighted by atomic mass is 10.2. The third kappa shape index (κ3) is 3.27. The van der Waals surface area contributed by atoms with Crippen molar-refractivity contribution in [2.24, 2.45) is 0 Å². The lowest BCUT2D eigenvalue weighted by Gasteiger charge is -2.36. The fraction of sp³-hybridized carbons (Fsp3) is 0.333. The van der Waals surface area contributed by atoms with Crippen molar-refractivity contribution in [3.63, 3.8) is 0 Å². The van der Waals surface area contributed by atoms with Gasteiger partial charge in [-0.2, -0.15) is 0 Å². The number of pyridine rings is 1. The first-order chi connectivity index (χ1) is 11.7. The summed E-state index contributed by atoms with van der Waals surface area (Å²) < 4.78 is 5.70. The second-order valence-electron chi connectivity index (χ2n) is 5.62. The maximum atomic E-state index is 12.6. The van der Waals surface area contributed by atoms with Crippen LogP contribution in [0.1, 0.15) is 17.3 Å². The van der Waals surface area contributed by atoms with Gasteiger partial charge in [0.05, 0.1) is 17.9 Å². The van der Waals surface area contributed by atoms with Crippen molar-refractivity contribution in [1.82, 2.24) is 9.88 Å². The predicted octanol–water partition coefficient (Wildman–Crippen LogP) is 2.02. The summed E-state index contributed by atoms with van der Waals surface area (Å²) in [4.78, 5) is 20.7. The molecule has 1 saturated heterocycles. The minimum Gasteiger partial charge on any atom is -0.492 e. The number of anilines is 2. The van der Waals surface area contributed by atoms with Crippen LogP contribution in [-0.4, -0.2) is 48.6 Å². The van der Waals surface area contributed by atoms with Gasteiger partial charge in [-0.1, -0.05) is 12.1 Å². The van der Waals surface area contributed by atoms with Crippen LogP contribution in [0.15, 0.2) is 42.6 Å². The van der Waals surface area contributed by atoms with Crippen LogP contribution >= 0.6 is 0 Å². The van der Waals surface area contributed by atoms with Gasteiger partial charge in [0.25, 0.3) is 5.91 Å². The molecule has 1 aliphatic heterocycles. The fourth-order valence-corrected chi connectivity index (χ4v) is 2.92. The van der Waals surface area contributed by atoms with E-state index in [4.69, 9.17) is 10.5 Å². The lowest BCUT2D eigenvalue weighted by Crippen LogP contribution is -2.49.